The lowest BCUT2D eigenvalue weighted by molar-refractivity contribution is 0.103. The summed E-state index contributed by atoms with van der Waals surface area (Å²) in [4.78, 5) is 12.8. The molecule has 0 spiro atoms. The molecule has 0 aliphatic rings. The number of rotatable bonds is 5. The lowest BCUT2D eigenvalue weighted by atomic mass is 9.86. The molecule has 0 amide bonds. The maximum atomic E-state index is 12.8. The van der Waals surface area contributed by atoms with Crippen LogP contribution in [0.15, 0.2) is 54.1 Å². The van der Waals surface area contributed by atoms with Gasteiger partial charge in [-0.3, -0.25) is 4.79 Å². The van der Waals surface area contributed by atoms with E-state index in [2.05, 4.69) is 20.8 Å². The molecule has 0 radical (unpaired) electrons. The van der Waals surface area contributed by atoms with Gasteiger partial charge >= 0.3 is 0 Å². The summed E-state index contributed by atoms with van der Waals surface area (Å²) in [6, 6.07) is 15.7. The molecule has 0 aromatic heterocycles. The van der Waals surface area contributed by atoms with Crippen molar-refractivity contribution in [3.05, 3.63) is 70.8 Å². The highest BCUT2D eigenvalue weighted by molar-refractivity contribution is 6.11. The maximum Gasteiger partial charge on any atom is 0.189 e. The summed E-state index contributed by atoms with van der Waals surface area (Å²) >= 11 is 0. The Morgan fingerprint density at radius 2 is 1.58 bits per heavy atom. The number of Topliss-reactive ketones (excluding diaryl/α,β-unsaturated/α-hetero) is 1. The van der Waals surface area contributed by atoms with Crippen LogP contribution in [0.1, 0.15) is 55.6 Å². The molecule has 126 valence electrons. The normalized spacial score (nSPS) is 12.1. The van der Waals surface area contributed by atoms with Crippen molar-refractivity contribution in [3.8, 4) is 5.75 Å². The van der Waals surface area contributed by atoms with Crippen molar-refractivity contribution in [3.63, 3.8) is 0 Å². The average Bonchev–Trinajstić information content (AvgIpc) is 2.59. The molecule has 0 saturated heterocycles. The minimum atomic E-state index is 0.0914. The van der Waals surface area contributed by atoms with Crippen LogP contribution in [0.3, 0.4) is 0 Å². The fourth-order valence-corrected chi connectivity index (χ4v) is 2.54. The van der Waals surface area contributed by atoms with E-state index in [0.29, 0.717) is 6.42 Å². The molecule has 0 aliphatic carbocycles. The molecule has 2 heteroatoms. The van der Waals surface area contributed by atoms with Gasteiger partial charge in [-0.25, -0.2) is 0 Å². The first-order chi connectivity index (χ1) is 11.3. The van der Waals surface area contributed by atoms with Crippen molar-refractivity contribution in [2.45, 2.75) is 39.5 Å². The van der Waals surface area contributed by atoms with Gasteiger partial charge in [-0.05, 0) is 41.2 Å². The predicted octanol–water partition coefficient (Wildman–Crippen LogP) is 5.67. The van der Waals surface area contributed by atoms with Crippen molar-refractivity contribution >= 4 is 11.9 Å². The van der Waals surface area contributed by atoms with Gasteiger partial charge in [0.25, 0.3) is 0 Å². The van der Waals surface area contributed by atoms with Crippen molar-refractivity contribution in [1.29, 1.82) is 0 Å². The molecule has 0 aliphatic heterocycles. The standard InChI is InChI=1S/C22H26O2/c1-6-17(15-16-7-13-20(24-5)14-8-16)21(23)18-9-11-19(12-10-18)22(2,3)4/h7-15H,6H2,1-5H3. The van der Waals surface area contributed by atoms with Gasteiger partial charge in [-0.1, -0.05) is 64.1 Å². The summed E-state index contributed by atoms with van der Waals surface area (Å²) in [5.41, 5.74) is 3.88. The van der Waals surface area contributed by atoms with Crippen LogP contribution < -0.4 is 4.74 Å². The average molecular weight is 322 g/mol. The van der Waals surface area contributed by atoms with Crippen LogP contribution in [0, 0.1) is 0 Å². The summed E-state index contributed by atoms with van der Waals surface area (Å²) in [5, 5.41) is 0. The molecule has 2 nitrogen and oxygen atoms in total. The van der Waals surface area contributed by atoms with Crippen LogP contribution in [0.4, 0.5) is 0 Å². The van der Waals surface area contributed by atoms with E-state index in [4.69, 9.17) is 4.74 Å². The quantitative estimate of drug-likeness (QED) is 0.524. The smallest absolute Gasteiger partial charge is 0.189 e. The second-order valence-corrected chi connectivity index (χ2v) is 6.95. The zero-order valence-electron chi connectivity index (χ0n) is 15.2. The van der Waals surface area contributed by atoms with Crippen LogP contribution in [-0.4, -0.2) is 12.9 Å². The van der Waals surface area contributed by atoms with Crippen LogP contribution in [0.25, 0.3) is 6.08 Å². The zero-order chi connectivity index (χ0) is 17.7. The van der Waals surface area contributed by atoms with Crippen molar-refractivity contribution in [2.24, 2.45) is 0 Å². The Morgan fingerprint density at radius 1 is 1.00 bits per heavy atom. The Kier molecular flexibility index (Phi) is 5.61. The van der Waals surface area contributed by atoms with Gasteiger partial charge in [0.1, 0.15) is 5.75 Å². The second kappa shape index (κ2) is 7.48. The Balaban J connectivity index is 2.25. The molecule has 0 bridgehead atoms. The molecule has 0 saturated carbocycles. The van der Waals surface area contributed by atoms with E-state index in [-0.39, 0.29) is 11.2 Å². The molecule has 0 atom stereocenters. The molecule has 0 unspecified atom stereocenters. The molecule has 2 rings (SSSR count). The fourth-order valence-electron chi connectivity index (χ4n) is 2.54. The topological polar surface area (TPSA) is 26.3 Å². The molecule has 24 heavy (non-hydrogen) atoms. The summed E-state index contributed by atoms with van der Waals surface area (Å²) in [5.74, 6) is 0.906. The van der Waals surface area contributed by atoms with E-state index in [1.165, 1.54) is 5.56 Å². The largest absolute Gasteiger partial charge is 0.497 e. The molecule has 2 aromatic carbocycles. The maximum absolute atomic E-state index is 12.8. The minimum absolute atomic E-state index is 0.0914. The van der Waals surface area contributed by atoms with Crippen molar-refractivity contribution < 1.29 is 9.53 Å². The number of hydrogen-bond acceptors (Lipinski definition) is 2. The summed E-state index contributed by atoms with van der Waals surface area (Å²) in [6.45, 7) is 8.53. The molecular weight excluding hydrogens is 296 g/mol. The third kappa shape index (κ3) is 4.35. The van der Waals surface area contributed by atoms with Crippen LogP contribution in [0.2, 0.25) is 0 Å². The third-order valence-corrected chi connectivity index (χ3v) is 4.14. The molecular formula is C22H26O2. The van der Waals surface area contributed by atoms with Gasteiger partial charge in [0, 0.05) is 11.1 Å². The lowest BCUT2D eigenvalue weighted by Gasteiger charge is -2.19. The number of allylic oxidation sites excluding steroid dienone is 1. The number of carbonyl (C=O) groups excluding carboxylic acids is 1. The van der Waals surface area contributed by atoms with Crippen LogP contribution >= 0.6 is 0 Å². The number of benzene rings is 2. The first-order valence-corrected chi connectivity index (χ1v) is 8.35. The van der Waals surface area contributed by atoms with Crippen molar-refractivity contribution in [1.82, 2.24) is 0 Å². The number of ether oxygens (including phenoxy) is 1. The highest BCUT2D eigenvalue weighted by Gasteiger charge is 2.15. The monoisotopic (exact) mass is 322 g/mol. The van der Waals surface area contributed by atoms with E-state index >= 15 is 0 Å². The summed E-state index contributed by atoms with van der Waals surface area (Å²) < 4.78 is 5.17. The number of ketones is 1. The molecule has 0 heterocycles. The highest BCUT2D eigenvalue weighted by atomic mass is 16.5. The summed E-state index contributed by atoms with van der Waals surface area (Å²) in [6.07, 6.45) is 2.66. The van der Waals surface area contributed by atoms with E-state index in [1.54, 1.807) is 7.11 Å². The lowest BCUT2D eigenvalue weighted by Crippen LogP contribution is -2.11. The number of hydrogen-bond donors (Lipinski definition) is 0. The molecule has 0 N–H and O–H groups in total. The van der Waals surface area contributed by atoms with Gasteiger partial charge in [-0.2, -0.15) is 0 Å². The van der Waals surface area contributed by atoms with Crippen LogP contribution in [-0.2, 0) is 5.41 Å². The fraction of sp³-hybridized carbons (Fsp3) is 0.318. The predicted molar refractivity (Wildman–Crippen MR) is 101 cm³/mol. The molecule has 2 aromatic rings. The Bertz CT molecular complexity index is 714. The minimum Gasteiger partial charge on any atom is -0.497 e. The van der Waals surface area contributed by atoms with Gasteiger partial charge < -0.3 is 4.74 Å². The van der Waals surface area contributed by atoms with E-state index in [0.717, 1.165) is 22.4 Å². The Hall–Kier alpha value is -2.35. The van der Waals surface area contributed by atoms with Gasteiger partial charge in [0.2, 0.25) is 0 Å². The van der Waals surface area contributed by atoms with E-state index in [9.17, 15) is 4.79 Å². The summed E-state index contributed by atoms with van der Waals surface area (Å²) in [7, 11) is 1.65. The van der Waals surface area contributed by atoms with Gasteiger partial charge in [0.05, 0.1) is 7.11 Å². The Labute approximate surface area is 145 Å². The zero-order valence-corrected chi connectivity index (χ0v) is 15.2. The van der Waals surface area contributed by atoms with E-state index < -0.39 is 0 Å². The number of methoxy groups -OCH3 is 1. The third-order valence-electron chi connectivity index (χ3n) is 4.14. The Morgan fingerprint density at radius 3 is 2.04 bits per heavy atom. The van der Waals surface area contributed by atoms with Crippen molar-refractivity contribution in [2.75, 3.05) is 7.11 Å². The van der Waals surface area contributed by atoms with Gasteiger partial charge in [0.15, 0.2) is 5.78 Å². The van der Waals surface area contributed by atoms with Gasteiger partial charge in [-0.15, -0.1) is 0 Å². The first-order valence-electron chi connectivity index (χ1n) is 8.35. The SMILES string of the molecule is CCC(=Cc1ccc(OC)cc1)C(=O)c1ccc(C(C)(C)C)cc1. The van der Waals surface area contributed by atoms with E-state index in [1.807, 2.05) is 61.5 Å². The second-order valence-electron chi connectivity index (χ2n) is 6.95. The first kappa shape index (κ1) is 18.0. The number of carbonyl (C=O) groups is 1. The molecule has 0 fully saturated rings. The highest BCUT2D eigenvalue weighted by Crippen LogP contribution is 2.24. The van der Waals surface area contributed by atoms with Crippen LogP contribution in [0.5, 0.6) is 5.75 Å².